The molecule has 0 aliphatic rings. The molecule has 0 radical (unpaired) electrons. The maximum absolute atomic E-state index is 14.6. The maximum atomic E-state index is 14.6. The van der Waals surface area contributed by atoms with Crippen molar-refractivity contribution in [3.63, 3.8) is 0 Å². The molecule has 0 aliphatic heterocycles. The fraction of sp³-hybridized carbons (Fsp3) is 0.174. The summed E-state index contributed by atoms with van der Waals surface area (Å²) in [6, 6.07) is 25.2. The van der Waals surface area contributed by atoms with Gasteiger partial charge < -0.3 is 0 Å². The van der Waals surface area contributed by atoms with Crippen molar-refractivity contribution in [1.82, 2.24) is 5.09 Å². The highest BCUT2D eigenvalue weighted by molar-refractivity contribution is 9.10. The Hall–Kier alpha value is -2.18. The van der Waals surface area contributed by atoms with Crippen molar-refractivity contribution in [3.05, 3.63) is 94.0 Å². The molecule has 1 unspecified atom stereocenters. The molecule has 3 nitrogen and oxygen atoms in total. The van der Waals surface area contributed by atoms with Gasteiger partial charge in [0, 0.05) is 15.1 Å². The maximum Gasteiger partial charge on any atom is 0.206 e. The Morgan fingerprint density at radius 3 is 1.79 bits per heavy atom. The smallest absolute Gasteiger partial charge is 0.206 e. The Morgan fingerprint density at radius 2 is 1.36 bits per heavy atom. The van der Waals surface area contributed by atoms with E-state index in [1.54, 1.807) is 6.92 Å². The molecule has 142 valence electrons. The lowest BCUT2D eigenvalue weighted by atomic mass is 9.95. The largest absolute Gasteiger partial charge is 0.296 e. The fourth-order valence-corrected chi connectivity index (χ4v) is 6.64. The lowest BCUT2D eigenvalue weighted by Crippen LogP contribution is -2.42. The molecule has 28 heavy (non-hydrogen) atoms. The molecule has 3 rings (SSSR count). The molecule has 5 heteroatoms. The molecule has 0 aromatic heterocycles. The van der Waals surface area contributed by atoms with Gasteiger partial charge in [-0.15, -0.1) is 0 Å². The van der Waals surface area contributed by atoms with Crippen molar-refractivity contribution < 1.29 is 4.57 Å². The third-order valence-corrected chi connectivity index (χ3v) is 8.59. The van der Waals surface area contributed by atoms with E-state index >= 15 is 0 Å². The van der Waals surface area contributed by atoms with E-state index in [0.717, 1.165) is 31.8 Å². The van der Waals surface area contributed by atoms with Gasteiger partial charge in [0.25, 0.3) is 0 Å². The third kappa shape index (κ3) is 3.84. The number of nitrogens with one attached hydrogen (secondary N) is 1. The van der Waals surface area contributed by atoms with Crippen molar-refractivity contribution in [2.45, 2.75) is 26.3 Å². The van der Waals surface area contributed by atoms with Crippen molar-refractivity contribution >= 4 is 33.8 Å². The minimum atomic E-state index is -3.30. The molecular formula is C23H22BrN2OP. The summed E-state index contributed by atoms with van der Waals surface area (Å²) in [6.45, 7) is 5.68. The molecule has 0 spiro atoms. The SMILES string of the molecule is Cc1ccccc1P(=O)(NC(C)(C#N)c1ccc(Br)cc1)c1ccccc1C. The van der Waals surface area contributed by atoms with Crippen LogP contribution in [0.2, 0.25) is 0 Å². The first-order valence-electron chi connectivity index (χ1n) is 8.99. The second-order valence-corrected chi connectivity index (χ2v) is 10.4. The third-order valence-electron chi connectivity index (χ3n) is 4.94. The minimum absolute atomic E-state index is 0.725. The number of halogens is 1. The first-order chi connectivity index (χ1) is 13.3. The van der Waals surface area contributed by atoms with E-state index in [1.165, 1.54) is 0 Å². The molecule has 0 fully saturated rings. The normalized spacial score (nSPS) is 13.5. The van der Waals surface area contributed by atoms with E-state index < -0.39 is 12.8 Å². The Morgan fingerprint density at radius 1 is 0.893 bits per heavy atom. The summed E-state index contributed by atoms with van der Waals surface area (Å²) < 4.78 is 15.5. The van der Waals surface area contributed by atoms with Crippen LogP contribution >= 0.6 is 23.2 Å². The Bertz CT molecular complexity index is 1040. The van der Waals surface area contributed by atoms with Crippen molar-refractivity contribution in [2.75, 3.05) is 0 Å². The lowest BCUT2D eigenvalue weighted by Gasteiger charge is -2.32. The van der Waals surface area contributed by atoms with E-state index in [-0.39, 0.29) is 0 Å². The van der Waals surface area contributed by atoms with Gasteiger partial charge in [-0.3, -0.25) is 4.57 Å². The average Bonchev–Trinajstić information content (AvgIpc) is 2.69. The van der Waals surface area contributed by atoms with Crippen LogP contribution in [0.5, 0.6) is 0 Å². The van der Waals surface area contributed by atoms with E-state index in [1.807, 2.05) is 86.6 Å². The summed E-state index contributed by atoms with van der Waals surface area (Å²) in [6.07, 6.45) is 0. The van der Waals surface area contributed by atoms with Crippen molar-refractivity contribution in [3.8, 4) is 6.07 Å². The minimum Gasteiger partial charge on any atom is -0.296 e. The Labute approximate surface area is 175 Å². The van der Waals surface area contributed by atoms with Crippen LogP contribution in [0.3, 0.4) is 0 Å². The van der Waals surface area contributed by atoms with Gasteiger partial charge in [0.2, 0.25) is 7.29 Å². The van der Waals surface area contributed by atoms with Crippen LogP contribution in [-0.2, 0) is 10.1 Å². The Kier molecular flexibility index (Phi) is 5.91. The second kappa shape index (κ2) is 8.05. The summed E-state index contributed by atoms with van der Waals surface area (Å²) in [5, 5.41) is 14.8. The summed E-state index contributed by atoms with van der Waals surface area (Å²) >= 11 is 3.43. The molecule has 3 aromatic carbocycles. The molecule has 0 saturated carbocycles. The van der Waals surface area contributed by atoms with Crippen LogP contribution in [0.1, 0.15) is 23.6 Å². The average molecular weight is 453 g/mol. The molecule has 0 heterocycles. The van der Waals surface area contributed by atoms with Crippen LogP contribution in [0.15, 0.2) is 77.3 Å². The van der Waals surface area contributed by atoms with Crippen molar-refractivity contribution in [2.24, 2.45) is 0 Å². The van der Waals surface area contributed by atoms with E-state index in [0.29, 0.717) is 0 Å². The number of hydrogen-bond acceptors (Lipinski definition) is 2. The molecule has 0 amide bonds. The highest BCUT2D eigenvalue weighted by Gasteiger charge is 2.39. The molecule has 1 N–H and O–H groups in total. The molecule has 0 bridgehead atoms. The number of rotatable bonds is 5. The van der Waals surface area contributed by atoms with Gasteiger partial charge in [-0.05, 0) is 61.7 Å². The number of nitriles is 1. The van der Waals surface area contributed by atoms with E-state index in [9.17, 15) is 9.83 Å². The van der Waals surface area contributed by atoms with Gasteiger partial charge in [-0.1, -0.05) is 64.5 Å². The quantitative estimate of drug-likeness (QED) is 0.532. The second-order valence-electron chi connectivity index (χ2n) is 7.04. The number of nitrogens with zero attached hydrogens (tertiary/aromatic N) is 1. The van der Waals surface area contributed by atoms with Gasteiger partial charge in [-0.2, -0.15) is 5.26 Å². The summed E-state index contributed by atoms with van der Waals surface area (Å²) in [5.41, 5.74) is 1.50. The van der Waals surface area contributed by atoms with Crippen LogP contribution in [0, 0.1) is 25.2 Å². The first-order valence-corrected chi connectivity index (χ1v) is 11.5. The highest BCUT2D eigenvalue weighted by atomic mass is 79.9. The van der Waals surface area contributed by atoms with Gasteiger partial charge in [0.1, 0.15) is 5.54 Å². The monoisotopic (exact) mass is 452 g/mol. The zero-order valence-corrected chi connectivity index (χ0v) is 18.6. The molecule has 3 aromatic rings. The zero-order valence-electron chi connectivity index (χ0n) is 16.1. The number of hydrogen-bond donors (Lipinski definition) is 1. The summed E-state index contributed by atoms with van der Waals surface area (Å²) in [5.74, 6) is 0. The molecular weight excluding hydrogens is 431 g/mol. The van der Waals surface area contributed by atoms with E-state index in [4.69, 9.17) is 0 Å². The van der Waals surface area contributed by atoms with Crippen molar-refractivity contribution in [1.29, 1.82) is 5.26 Å². The number of aryl methyl sites for hydroxylation is 2. The van der Waals surface area contributed by atoms with Crippen LogP contribution < -0.4 is 15.7 Å². The highest BCUT2D eigenvalue weighted by Crippen LogP contribution is 2.45. The van der Waals surface area contributed by atoms with Crippen LogP contribution in [-0.4, -0.2) is 0 Å². The first kappa shape index (κ1) is 20.6. The van der Waals surface area contributed by atoms with Crippen LogP contribution in [0.25, 0.3) is 0 Å². The summed E-state index contributed by atoms with van der Waals surface area (Å²) in [7, 11) is -3.30. The fourth-order valence-electron chi connectivity index (χ4n) is 3.34. The lowest BCUT2D eigenvalue weighted by molar-refractivity contribution is 0.532. The van der Waals surface area contributed by atoms with Gasteiger partial charge in [-0.25, -0.2) is 5.09 Å². The Balaban J connectivity index is 2.22. The standard InChI is InChI=1S/C23H22BrN2OP/c1-17-8-4-6-10-21(17)28(27,22-11-7-5-9-18(22)2)26-23(3,16-25)19-12-14-20(24)15-13-19/h4-15H,1-3H3,(H,26,27). The van der Waals surface area contributed by atoms with E-state index in [2.05, 4.69) is 27.1 Å². The predicted molar refractivity (Wildman–Crippen MR) is 119 cm³/mol. The van der Waals surface area contributed by atoms with Gasteiger partial charge in [0.05, 0.1) is 6.07 Å². The molecule has 0 saturated heterocycles. The van der Waals surface area contributed by atoms with Gasteiger partial charge >= 0.3 is 0 Å². The topological polar surface area (TPSA) is 52.9 Å². The van der Waals surface area contributed by atoms with Gasteiger partial charge in [0.15, 0.2) is 0 Å². The predicted octanol–water partition coefficient (Wildman–Crippen LogP) is 5.32. The van der Waals surface area contributed by atoms with Crippen LogP contribution in [0.4, 0.5) is 0 Å². The molecule has 1 atom stereocenters. The number of benzene rings is 3. The molecule has 0 aliphatic carbocycles. The summed E-state index contributed by atoms with van der Waals surface area (Å²) in [4.78, 5) is 0. The zero-order chi connectivity index (χ0) is 20.4.